The molecule has 2 rings (SSSR count). The summed E-state index contributed by atoms with van der Waals surface area (Å²) in [6.07, 6.45) is 1.16. The molecule has 0 saturated heterocycles. The number of carbonyl (C=O) groups excluding carboxylic acids is 1. The van der Waals surface area contributed by atoms with Crippen LogP contribution < -0.4 is 10.1 Å². The molecule has 1 amide bonds. The summed E-state index contributed by atoms with van der Waals surface area (Å²) in [5.41, 5.74) is 3.57. The van der Waals surface area contributed by atoms with Crippen molar-refractivity contribution in [1.82, 2.24) is 5.32 Å². The Morgan fingerprint density at radius 3 is 2.21 bits per heavy atom. The maximum absolute atomic E-state index is 12.5. The zero-order chi connectivity index (χ0) is 17.5. The van der Waals surface area contributed by atoms with Crippen LogP contribution in [0.1, 0.15) is 49.9 Å². The number of carbonyl (C=O) groups is 1. The van der Waals surface area contributed by atoms with Crippen molar-refractivity contribution < 1.29 is 9.53 Å². The van der Waals surface area contributed by atoms with E-state index in [0.29, 0.717) is 6.42 Å². The van der Waals surface area contributed by atoms with Crippen molar-refractivity contribution in [3.8, 4) is 5.75 Å². The number of benzene rings is 2. The molecule has 0 radical (unpaired) electrons. The molecule has 2 aromatic carbocycles. The Bertz CT molecular complexity index is 647. The lowest BCUT2D eigenvalue weighted by molar-refractivity contribution is -0.128. The maximum Gasteiger partial charge on any atom is 0.261 e. The molecule has 0 spiro atoms. The van der Waals surface area contributed by atoms with Crippen molar-refractivity contribution in [3.63, 3.8) is 0 Å². The molecule has 24 heavy (non-hydrogen) atoms. The number of nitrogens with one attached hydrogen (secondary N) is 1. The smallest absolute Gasteiger partial charge is 0.261 e. The van der Waals surface area contributed by atoms with Gasteiger partial charge in [0.25, 0.3) is 5.91 Å². The summed E-state index contributed by atoms with van der Waals surface area (Å²) in [6.45, 7) is 8.12. The average Bonchev–Trinajstić information content (AvgIpc) is 2.61. The Morgan fingerprint density at radius 2 is 1.67 bits per heavy atom. The minimum absolute atomic E-state index is 0.0425. The molecule has 0 fully saturated rings. The summed E-state index contributed by atoms with van der Waals surface area (Å²) >= 11 is 0. The number of amides is 1. The van der Waals surface area contributed by atoms with Crippen LogP contribution in [-0.4, -0.2) is 12.0 Å². The molecule has 0 aliphatic heterocycles. The van der Waals surface area contributed by atoms with Crippen molar-refractivity contribution in [1.29, 1.82) is 0 Å². The number of ether oxygens (including phenoxy) is 1. The van der Waals surface area contributed by atoms with E-state index in [0.717, 1.165) is 17.7 Å². The van der Waals surface area contributed by atoms with Gasteiger partial charge in [-0.25, -0.2) is 0 Å². The summed E-state index contributed by atoms with van der Waals surface area (Å²) in [4.78, 5) is 12.5. The number of rotatable bonds is 7. The van der Waals surface area contributed by atoms with Gasteiger partial charge in [0.15, 0.2) is 6.10 Å². The molecule has 128 valence electrons. The van der Waals surface area contributed by atoms with Crippen molar-refractivity contribution >= 4 is 5.91 Å². The van der Waals surface area contributed by atoms with Crippen molar-refractivity contribution in [2.45, 2.75) is 52.7 Å². The minimum Gasteiger partial charge on any atom is -0.481 e. The van der Waals surface area contributed by atoms with Crippen LogP contribution in [0.3, 0.4) is 0 Å². The topological polar surface area (TPSA) is 38.3 Å². The van der Waals surface area contributed by atoms with E-state index in [4.69, 9.17) is 4.74 Å². The molecular weight excluding hydrogens is 298 g/mol. The van der Waals surface area contributed by atoms with Crippen LogP contribution in [-0.2, 0) is 11.2 Å². The summed E-state index contributed by atoms with van der Waals surface area (Å²) < 4.78 is 5.84. The predicted octanol–water partition coefficient (Wildman–Crippen LogP) is 4.59. The second kappa shape index (κ2) is 8.53. The van der Waals surface area contributed by atoms with E-state index < -0.39 is 6.10 Å². The predicted molar refractivity (Wildman–Crippen MR) is 98.3 cm³/mol. The van der Waals surface area contributed by atoms with Crippen LogP contribution in [0.5, 0.6) is 5.75 Å². The molecule has 0 aromatic heterocycles. The first-order valence-corrected chi connectivity index (χ1v) is 8.66. The third-order valence-corrected chi connectivity index (χ3v) is 4.21. The van der Waals surface area contributed by atoms with E-state index in [1.807, 2.05) is 45.0 Å². The molecule has 0 unspecified atom stereocenters. The minimum atomic E-state index is -0.481. The van der Waals surface area contributed by atoms with E-state index in [1.54, 1.807) is 0 Å². The van der Waals surface area contributed by atoms with Crippen molar-refractivity contribution in [2.75, 3.05) is 0 Å². The molecule has 0 bridgehead atoms. The number of hydrogen-bond donors (Lipinski definition) is 1. The zero-order valence-corrected chi connectivity index (χ0v) is 15.0. The standard InChI is InChI=1S/C21H27NO2/c1-5-17-9-11-18(12-10-17)16(4)22-21(23)20(6-2)24-19-13-7-15(3)8-14-19/h7-14,16,20H,5-6H2,1-4H3,(H,22,23)/t16-,20-/m0/s1. The first-order valence-electron chi connectivity index (χ1n) is 8.66. The molecule has 0 heterocycles. The summed E-state index contributed by atoms with van der Waals surface area (Å²) in [5.74, 6) is 0.646. The van der Waals surface area contributed by atoms with Gasteiger partial charge in [-0.2, -0.15) is 0 Å². The third kappa shape index (κ3) is 4.85. The van der Waals surface area contributed by atoms with Gasteiger partial charge in [0.1, 0.15) is 5.75 Å². The van der Waals surface area contributed by atoms with Crippen molar-refractivity contribution in [2.24, 2.45) is 0 Å². The maximum atomic E-state index is 12.5. The molecule has 0 saturated carbocycles. The van der Waals surface area contributed by atoms with Gasteiger partial charge in [0, 0.05) is 0 Å². The highest BCUT2D eigenvalue weighted by Crippen LogP contribution is 2.17. The Hall–Kier alpha value is -2.29. The molecule has 0 aliphatic rings. The summed E-state index contributed by atoms with van der Waals surface area (Å²) in [6, 6.07) is 16.1. The Morgan fingerprint density at radius 1 is 1.04 bits per heavy atom. The third-order valence-electron chi connectivity index (χ3n) is 4.21. The monoisotopic (exact) mass is 325 g/mol. The number of hydrogen-bond acceptors (Lipinski definition) is 2. The quantitative estimate of drug-likeness (QED) is 0.808. The molecule has 1 N–H and O–H groups in total. The van der Waals surface area contributed by atoms with Gasteiger partial charge < -0.3 is 10.1 Å². The lowest BCUT2D eigenvalue weighted by atomic mass is 10.0. The lowest BCUT2D eigenvalue weighted by Crippen LogP contribution is -2.39. The average molecular weight is 325 g/mol. The Kier molecular flexibility index (Phi) is 6.42. The Balaban J connectivity index is 1.98. The first kappa shape index (κ1) is 18.1. The van der Waals surface area contributed by atoms with Crippen LogP contribution in [0.4, 0.5) is 0 Å². The zero-order valence-electron chi connectivity index (χ0n) is 15.0. The second-order valence-corrected chi connectivity index (χ2v) is 6.15. The molecular formula is C21H27NO2. The van der Waals surface area contributed by atoms with Gasteiger partial charge in [-0.15, -0.1) is 0 Å². The second-order valence-electron chi connectivity index (χ2n) is 6.15. The van der Waals surface area contributed by atoms with Gasteiger partial charge in [-0.1, -0.05) is 55.8 Å². The van der Waals surface area contributed by atoms with E-state index >= 15 is 0 Å². The van der Waals surface area contributed by atoms with E-state index in [2.05, 4.69) is 36.5 Å². The summed E-state index contributed by atoms with van der Waals surface area (Å²) in [5, 5.41) is 3.05. The molecule has 2 aromatic rings. The lowest BCUT2D eigenvalue weighted by Gasteiger charge is -2.21. The fourth-order valence-corrected chi connectivity index (χ4v) is 2.54. The van der Waals surface area contributed by atoms with Gasteiger partial charge in [0.2, 0.25) is 0 Å². The highest BCUT2D eigenvalue weighted by atomic mass is 16.5. The fraction of sp³-hybridized carbons (Fsp3) is 0.381. The highest BCUT2D eigenvalue weighted by molar-refractivity contribution is 5.81. The van der Waals surface area contributed by atoms with Crippen molar-refractivity contribution in [3.05, 3.63) is 65.2 Å². The van der Waals surface area contributed by atoms with Crippen LogP contribution in [0.25, 0.3) is 0 Å². The van der Waals surface area contributed by atoms with E-state index in [9.17, 15) is 4.79 Å². The molecule has 0 aliphatic carbocycles. The first-order chi connectivity index (χ1) is 11.5. The molecule has 3 nitrogen and oxygen atoms in total. The highest BCUT2D eigenvalue weighted by Gasteiger charge is 2.20. The summed E-state index contributed by atoms with van der Waals surface area (Å²) in [7, 11) is 0. The molecule has 3 heteroatoms. The van der Waals surface area contributed by atoms with E-state index in [1.165, 1.54) is 11.1 Å². The van der Waals surface area contributed by atoms with E-state index in [-0.39, 0.29) is 11.9 Å². The van der Waals surface area contributed by atoms with Gasteiger partial charge in [-0.05, 0) is 49.9 Å². The van der Waals surface area contributed by atoms with Gasteiger partial charge in [-0.3, -0.25) is 4.79 Å². The Labute approximate surface area is 145 Å². The molecule has 2 atom stereocenters. The largest absolute Gasteiger partial charge is 0.481 e. The van der Waals surface area contributed by atoms with Crippen LogP contribution >= 0.6 is 0 Å². The number of aryl methyl sites for hydroxylation is 2. The normalized spacial score (nSPS) is 13.2. The van der Waals surface area contributed by atoms with Crippen LogP contribution in [0.15, 0.2) is 48.5 Å². The van der Waals surface area contributed by atoms with Crippen LogP contribution in [0.2, 0.25) is 0 Å². The SMILES string of the molecule is CCc1ccc([C@H](C)NC(=O)[C@H](CC)Oc2ccc(C)cc2)cc1. The fourth-order valence-electron chi connectivity index (χ4n) is 2.54. The van der Waals surface area contributed by atoms with Gasteiger partial charge in [0.05, 0.1) is 6.04 Å². The van der Waals surface area contributed by atoms with Crippen LogP contribution in [0, 0.1) is 6.92 Å². The van der Waals surface area contributed by atoms with Gasteiger partial charge >= 0.3 is 0 Å².